The van der Waals surface area contributed by atoms with Crippen LogP contribution in [0.2, 0.25) is 0 Å². The predicted octanol–water partition coefficient (Wildman–Crippen LogP) is 7.73. The molecule has 0 N–H and O–H groups in total. The lowest BCUT2D eigenvalue weighted by Gasteiger charge is -2.19. The Kier molecular flexibility index (Phi) is 6.98. The van der Waals surface area contributed by atoms with Crippen molar-refractivity contribution < 1.29 is 0 Å². The van der Waals surface area contributed by atoms with Crippen LogP contribution in [-0.4, -0.2) is 0 Å². The zero-order valence-corrected chi connectivity index (χ0v) is 16.4. The Morgan fingerprint density at radius 2 is 1.57 bits per heavy atom. The Hall–Kier alpha value is -3.38. The van der Waals surface area contributed by atoms with E-state index in [2.05, 4.69) is 110 Å². The first-order valence-corrected chi connectivity index (χ1v) is 9.69. The minimum Gasteiger partial charge on any atom is -0.0984 e. The highest BCUT2D eigenvalue weighted by molar-refractivity contribution is 6.06. The maximum atomic E-state index is 4.11. The van der Waals surface area contributed by atoms with Crippen LogP contribution in [-0.2, 0) is 0 Å². The number of allylic oxidation sites excluding steroid dienone is 13. The Morgan fingerprint density at radius 3 is 2.21 bits per heavy atom. The van der Waals surface area contributed by atoms with E-state index in [0.717, 1.165) is 12.0 Å². The van der Waals surface area contributed by atoms with Crippen LogP contribution in [0.25, 0.3) is 11.1 Å². The van der Waals surface area contributed by atoms with Crippen LogP contribution in [0.15, 0.2) is 133 Å². The van der Waals surface area contributed by atoms with Gasteiger partial charge in [-0.3, -0.25) is 0 Å². The van der Waals surface area contributed by atoms with Crippen LogP contribution >= 0.6 is 0 Å². The molecule has 0 heterocycles. The van der Waals surface area contributed by atoms with E-state index in [4.69, 9.17) is 0 Å². The minimum absolute atomic E-state index is 0.950. The lowest BCUT2D eigenvalue weighted by atomic mass is 9.85. The SMILES string of the molecule is C=CC(=C\C=C/C)/C(=C(/C1=CC=CCC=C1)c1ccccc1)c1ccccc1. The molecule has 0 bridgehead atoms. The summed E-state index contributed by atoms with van der Waals surface area (Å²) in [7, 11) is 0. The smallest absolute Gasteiger partial charge is 0.00269 e. The van der Waals surface area contributed by atoms with Crippen LogP contribution in [0.5, 0.6) is 0 Å². The van der Waals surface area contributed by atoms with E-state index in [1.54, 1.807) is 0 Å². The van der Waals surface area contributed by atoms with Crippen molar-refractivity contribution in [1.29, 1.82) is 0 Å². The van der Waals surface area contributed by atoms with Gasteiger partial charge in [0.2, 0.25) is 0 Å². The highest BCUT2D eigenvalue weighted by Crippen LogP contribution is 2.38. The van der Waals surface area contributed by atoms with Crippen LogP contribution in [0.1, 0.15) is 24.5 Å². The van der Waals surface area contributed by atoms with Crippen LogP contribution in [0, 0.1) is 0 Å². The minimum atomic E-state index is 0.950. The zero-order chi connectivity index (χ0) is 19.6. The van der Waals surface area contributed by atoms with Crippen molar-refractivity contribution in [3.05, 3.63) is 144 Å². The van der Waals surface area contributed by atoms with Crippen molar-refractivity contribution in [3.63, 3.8) is 0 Å². The molecule has 2 aromatic carbocycles. The molecule has 3 rings (SSSR count). The monoisotopic (exact) mass is 362 g/mol. The number of benzene rings is 2. The lowest BCUT2D eigenvalue weighted by Crippen LogP contribution is -1.97. The van der Waals surface area contributed by atoms with Crippen molar-refractivity contribution in [2.45, 2.75) is 13.3 Å². The van der Waals surface area contributed by atoms with Gasteiger partial charge in [-0.2, -0.15) is 0 Å². The fourth-order valence-corrected chi connectivity index (χ4v) is 3.32. The molecule has 0 unspecified atom stereocenters. The molecule has 1 aliphatic rings. The van der Waals surface area contributed by atoms with Gasteiger partial charge in [-0.25, -0.2) is 0 Å². The molecular weight excluding hydrogens is 336 g/mol. The second-order valence-corrected chi connectivity index (χ2v) is 6.52. The second-order valence-electron chi connectivity index (χ2n) is 6.52. The fourth-order valence-electron chi connectivity index (χ4n) is 3.32. The molecule has 0 aromatic heterocycles. The largest absolute Gasteiger partial charge is 0.0984 e. The topological polar surface area (TPSA) is 0 Å². The van der Waals surface area contributed by atoms with E-state index >= 15 is 0 Å². The van der Waals surface area contributed by atoms with Crippen LogP contribution in [0.4, 0.5) is 0 Å². The number of hydrogen-bond acceptors (Lipinski definition) is 0. The van der Waals surface area contributed by atoms with Gasteiger partial charge in [0.25, 0.3) is 0 Å². The Labute approximate surface area is 168 Å². The first kappa shape index (κ1) is 19.4. The fraction of sp³-hybridized carbons (Fsp3) is 0.0714. The molecule has 0 fully saturated rings. The maximum absolute atomic E-state index is 4.11. The van der Waals surface area contributed by atoms with Crippen molar-refractivity contribution >= 4 is 11.1 Å². The first-order valence-electron chi connectivity index (χ1n) is 9.69. The van der Waals surface area contributed by atoms with Crippen LogP contribution in [0.3, 0.4) is 0 Å². The van der Waals surface area contributed by atoms with Gasteiger partial charge in [0.05, 0.1) is 0 Å². The van der Waals surface area contributed by atoms with Gasteiger partial charge >= 0.3 is 0 Å². The van der Waals surface area contributed by atoms with E-state index in [1.165, 1.54) is 27.8 Å². The van der Waals surface area contributed by atoms with Gasteiger partial charge in [-0.05, 0) is 46.8 Å². The van der Waals surface area contributed by atoms with Gasteiger partial charge in [0.15, 0.2) is 0 Å². The van der Waals surface area contributed by atoms with E-state index in [0.29, 0.717) is 0 Å². The molecule has 0 aliphatic heterocycles. The molecule has 0 radical (unpaired) electrons. The van der Waals surface area contributed by atoms with Gasteiger partial charge in [-0.1, -0.05) is 122 Å². The Morgan fingerprint density at radius 1 is 0.893 bits per heavy atom. The standard InChI is InChI=1S/C28H26/c1-3-5-16-23(4-2)27(24-19-12-8-13-20-24)28(26-21-14-9-15-22-26)25-17-10-6-7-11-18-25/h3-6,8-22H,2,7H2,1H3/b5-3-,23-16+,28-27+. The third-order valence-electron chi connectivity index (χ3n) is 4.62. The molecule has 1 aliphatic carbocycles. The first-order chi connectivity index (χ1) is 13.8. The highest BCUT2D eigenvalue weighted by atomic mass is 14.2. The van der Waals surface area contributed by atoms with E-state index in [-0.39, 0.29) is 0 Å². The molecular formula is C28H26. The second kappa shape index (κ2) is 10.1. The van der Waals surface area contributed by atoms with E-state index < -0.39 is 0 Å². The predicted molar refractivity (Wildman–Crippen MR) is 124 cm³/mol. The van der Waals surface area contributed by atoms with Crippen molar-refractivity contribution in [3.8, 4) is 0 Å². The number of hydrogen-bond donors (Lipinski definition) is 0. The summed E-state index contributed by atoms with van der Waals surface area (Å²) >= 11 is 0. The molecule has 0 spiro atoms. The van der Waals surface area contributed by atoms with Crippen LogP contribution < -0.4 is 0 Å². The molecule has 0 heteroatoms. The summed E-state index contributed by atoms with van der Waals surface area (Å²) in [6.45, 7) is 6.14. The molecule has 0 saturated carbocycles. The molecule has 28 heavy (non-hydrogen) atoms. The summed E-state index contributed by atoms with van der Waals surface area (Å²) in [6, 6.07) is 21.2. The average Bonchev–Trinajstić information content (AvgIpc) is 3.04. The summed E-state index contributed by atoms with van der Waals surface area (Å²) in [5.41, 5.74) is 7.08. The van der Waals surface area contributed by atoms with Gasteiger partial charge < -0.3 is 0 Å². The lowest BCUT2D eigenvalue weighted by molar-refractivity contribution is 1.40. The highest BCUT2D eigenvalue weighted by Gasteiger charge is 2.16. The van der Waals surface area contributed by atoms with E-state index in [1.807, 2.05) is 19.1 Å². The normalized spacial score (nSPS) is 15.2. The van der Waals surface area contributed by atoms with Crippen molar-refractivity contribution in [2.24, 2.45) is 0 Å². The summed E-state index contributed by atoms with van der Waals surface area (Å²) in [4.78, 5) is 0. The van der Waals surface area contributed by atoms with Gasteiger partial charge in [0.1, 0.15) is 0 Å². The maximum Gasteiger partial charge on any atom is -0.00269 e. The summed E-state index contributed by atoms with van der Waals surface area (Å²) in [6.07, 6.45) is 20.1. The molecule has 0 amide bonds. The molecule has 0 nitrogen and oxygen atoms in total. The van der Waals surface area contributed by atoms with Gasteiger partial charge in [-0.15, -0.1) is 0 Å². The quantitative estimate of drug-likeness (QED) is 0.364. The molecule has 0 saturated heterocycles. The summed E-state index contributed by atoms with van der Waals surface area (Å²) in [5.74, 6) is 0. The van der Waals surface area contributed by atoms with Crippen molar-refractivity contribution in [2.75, 3.05) is 0 Å². The van der Waals surface area contributed by atoms with Crippen molar-refractivity contribution in [1.82, 2.24) is 0 Å². The third kappa shape index (κ3) is 4.66. The van der Waals surface area contributed by atoms with E-state index in [9.17, 15) is 0 Å². The third-order valence-corrected chi connectivity index (χ3v) is 4.62. The Balaban J connectivity index is 2.40. The zero-order valence-electron chi connectivity index (χ0n) is 16.4. The van der Waals surface area contributed by atoms with Gasteiger partial charge in [0, 0.05) is 0 Å². The average molecular weight is 363 g/mol. The molecule has 2 aromatic rings. The molecule has 138 valence electrons. The number of rotatable bonds is 6. The molecule has 0 atom stereocenters. The summed E-state index contributed by atoms with van der Waals surface area (Å²) < 4.78 is 0. The summed E-state index contributed by atoms with van der Waals surface area (Å²) in [5, 5.41) is 0. The Bertz CT molecular complexity index is 975.